The Morgan fingerprint density at radius 3 is 2.36 bits per heavy atom. The fraction of sp³-hybridized carbons (Fsp3) is 0.333. The van der Waals surface area contributed by atoms with Crippen molar-refractivity contribution in [3.05, 3.63) is 35.9 Å². The van der Waals surface area contributed by atoms with Crippen molar-refractivity contribution in [2.75, 3.05) is 0 Å². The van der Waals surface area contributed by atoms with E-state index in [0.717, 1.165) is 5.56 Å². The van der Waals surface area contributed by atoms with Gasteiger partial charge in [0.2, 0.25) is 0 Å². The molecule has 2 atom stereocenters. The van der Waals surface area contributed by atoms with Gasteiger partial charge in [-0.25, -0.2) is 4.39 Å². The summed E-state index contributed by atoms with van der Waals surface area (Å²) in [7, 11) is 0. The Labute approximate surface area is 70.0 Å². The lowest BCUT2D eigenvalue weighted by Crippen LogP contribution is -1.89. The van der Waals surface area contributed by atoms with Crippen LogP contribution in [0.15, 0.2) is 30.3 Å². The first kappa shape index (κ1) is 7.11. The third kappa shape index (κ3) is 1.25. The van der Waals surface area contributed by atoms with Crippen LogP contribution in [-0.4, -0.2) is 5.13 Å². The molecule has 0 aromatic heterocycles. The summed E-state index contributed by atoms with van der Waals surface area (Å²) in [6.45, 7) is 0. The molecule has 1 fully saturated rings. The zero-order valence-electron chi connectivity index (χ0n) is 5.93. The zero-order valence-corrected chi connectivity index (χ0v) is 6.68. The SMILES string of the molecule is F[C@@]1(Cl)C[C@H]1c1ccccc1. The van der Waals surface area contributed by atoms with E-state index in [1.807, 2.05) is 30.3 Å². The van der Waals surface area contributed by atoms with E-state index in [1.54, 1.807) is 0 Å². The van der Waals surface area contributed by atoms with Crippen molar-refractivity contribution in [1.29, 1.82) is 0 Å². The second-order valence-electron chi connectivity index (χ2n) is 2.93. The van der Waals surface area contributed by atoms with E-state index in [4.69, 9.17) is 11.6 Å². The molecule has 2 heteroatoms. The Bertz CT molecular complexity index is 256. The van der Waals surface area contributed by atoms with E-state index >= 15 is 0 Å². The van der Waals surface area contributed by atoms with Crippen LogP contribution in [0.5, 0.6) is 0 Å². The van der Waals surface area contributed by atoms with Crippen molar-refractivity contribution >= 4 is 11.6 Å². The van der Waals surface area contributed by atoms with Crippen molar-refractivity contribution < 1.29 is 4.39 Å². The topological polar surface area (TPSA) is 0 Å². The molecule has 0 radical (unpaired) electrons. The molecule has 58 valence electrons. The highest BCUT2D eigenvalue weighted by Crippen LogP contribution is 2.57. The second-order valence-corrected chi connectivity index (χ2v) is 3.56. The standard InChI is InChI=1S/C9H8ClF/c10-9(11)6-8(9)7-4-2-1-3-5-7/h1-5,8H,6H2/t8-,9-/m0/s1. The molecular formula is C9H8ClF. The lowest BCUT2D eigenvalue weighted by molar-refractivity contribution is 0.416. The third-order valence-corrected chi connectivity index (χ3v) is 2.45. The van der Waals surface area contributed by atoms with Crippen LogP contribution in [-0.2, 0) is 0 Å². The van der Waals surface area contributed by atoms with Gasteiger partial charge in [-0.15, -0.1) is 0 Å². The predicted molar refractivity (Wildman–Crippen MR) is 43.5 cm³/mol. The van der Waals surface area contributed by atoms with Crippen molar-refractivity contribution in [2.45, 2.75) is 17.5 Å². The van der Waals surface area contributed by atoms with Gasteiger partial charge in [0.05, 0.1) is 0 Å². The molecule has 0 bridgehead atoms. The van der Waals surface area contributed by atoms with Crippen LogP contribution in [0.4, 0.5) is 4.39 Å². The maximum absolute atomic E-state index is 12.9. The average molecular weight is 171 g/mol. The quantitative estimate of drug-likeness (QED) is 0.569. The second kappa shape index (κ2) is 2.21. The molecule has 0 aliphatic heterocycles. The number of alkyl halides is 2. The van der Waals surface area contributed by atoms with Gasteiger partial charge in [-0.1, -0.05) is 41.9 Å². The molecule has 11 heavy (non-hydrogen) atoms. The van der Waals surface area contributed by atoms with Crippen LogP contribution in [0.2, 0.25) is 0 Å². The molecule has 1 aromatic rings. The first-order valence-corrected chi connectivity index (χ1v) is 4.01. The predicted octanol–water partition coefficient (Wildman–Crippen LogP) is 3.08. The third-order valence-electron chi connectivity index (χ3n) is 2.03. The summed E-state index contributed by atoms with van der Waals surface area (Å²) in [4.78, 5) is 0. The van der Waals surface area contributed by atoms with Crippen molar-refractivity contribution in [3.8, 4) is 0 Å². The molecule has 1 aliphatic rings. The molecule has 1 saturated carbocycles. The normalized spacial score (nSPS) is 35.3. The maximum atomic E-state index is 12.9. The first-order chi connectivity index (χ1) is 5.20. The Balaban J connectivity index is 2.21. The Morgan fingerprint density at radius 2 is 1.91 bits per heavy atom. The fourth-order valence-electron chi connectivity index (χ4n) is 1.26. The molecule has 1 aromatic carbocycles. The first-order valence-electron chi connectivity index (χ1n) is 3.63. The number of rotatable bonds is 1. The van der Waals surface area contributed by atoms with Gasteiger partial charge in [-0.3, -0.25) is 0 Å². The lowest BCUT2D eigenvalue weighted by Gasteiger charge is -1.97. The van der Waals surface area contributed by atoms with Gasteiger partial charge < -0.3 is 0 Å². The molecule has 0 spiro atoms. The Morgan fingerprint density at radius 1 is 1.36 bits per heavy atom. The summed E-state index contributed by atoms with van der Waals surface area (Å²) in [5.74, 6) is -0.0784. The van der Waals surface area contributed by atoms with Crippen LogP contribution in [0.25, 0.3) is 0 Å². The molecular weight excluding hydrogens is 163 g/mol. The summed E-state index contributed by atoms with van der Waals surface area (Å²) < 4.78 is 12.9. The minimum atomic E-state index is -1.46. The Hall–Kier alpha value is -0.560. The molecule has 0 amide bonds. The average Bonchev–Trinajstić information content (AvgIpc) is 2.62. The summed E-state index contributed by atoms with van der Waals surface area (Å²) in [6, 6.07) is 9.55. The smallest absolute Gasteiger partial charge is 0.191 e. The van der Waals surface area contributed by atoms with E-state index in [0.29, 0.717) is 6.42 Å². The summed E-state index contributed by atoms with van der Waals surface area (Å²) in [6.07, 6.45) is 0.457. The molecule has 0 heterocycles. The number of halogens is 2. The van der Waals surface area contributed by atoms with E-state index in [2.05, 4.69) is 0 Å². The summed E-state index contributed by atoms with van der Waals surface area (Å²) in [5.41, 5.74) is 1.00. The molecule has 1 aliphatic carbocycles. The highest BCUT2D eigenvalue weighted by molar-refractivity contribution is 6.25. The number of benzene rings is 1. The van der Waals surface area contributed by atoms with Gasteiger partial charge in [-0.2, -0.15) is 0 Å². The van der Waals surface area contributed by atoms with E-state index in [-0.39, 0.29) is 5.92 Å². The zero-order chi connectivity index (χ0) is 7.90. The molecule has 0 nitrogen and oxygen atoms in total. The van der Waals surface area contributed by atoms with Crippen molar-refractivity contribution in [3.63, 3.8) is 0 Å². The van der Waals surface area contributed by atoms with Crippen LogP contribution < -0.4 is 0 Å². The minimum Gasteiger partial charge on any atom is -0.226 e. The van der Waals surface area contributed by atoms with E-state index in [9.17, 15) is 4.39 Å². The highest BCUT2D eigenvalue weighted by Gasteiger charge is 2.54. The van der Waals surface area contributed by atoms with Crippen LogP contribution in [0.3, 0.4) is 0 Å². The molecule has 0 unspecified atom stereocenters. The van der Waals surface area contributed by atoms with E-state index < -0.39 is 5.13 Å². The largest absolute Gasteiger partial charge is 0.226 e. The van der Waals surface area contributed by atoms with Crippen LogP contribution >= 0.6 is 11.6 Å². The number of hydrogen-bond donors (Lipinski definition) is 0. The lowest BCUT2D eigenvalue weighted by atomic mass is 10.1. The van der Waals surface area contributed by atoms with Gasteiger partial charge in [0.25, 0.3) is 0 Å². The highest BCUT2D eigenvalue weighted by atomic mass is 35.5. The number of hydrogen-bond acceptors (Lipinski definition) is 0. The van der Waals surface area contributed by atoms with E-state index in [1.165, 1.54) is 0 Å². The molecule has 0 N–H and O–H groups in total. The monoisotopic (exact) mass is 170 g/mol. The van der Waals surface area contributed by atoms with Gasteiger partial charge in [0.1, 0.15) is 0 Å². The molecule has 0 saturated heterocycles. The van der Waals surface area contributed by atoms with Gasteiger partial charge in [0.15, 0.2) is 5.13 Å². The van der Waals surface area contributed by atoms with Crippen LogP contribution in [0, 0.1) is 0 Å². The van der Waals surface area contributed by atoms with Gasteiger partial charge >= 0.3 is 0 Å². The van der Waals surface area contributed by atoms with Gasteiger partial charge in [0, 0.05) is 12.3 Å². The fourth-order valence-corrected chi connectivity index (χ4v) is 1.54. The summed E-state index contributed by atoms with van der Waals surface area (Å²) >= 11 is 5.48. The van der Waals surface area contributed by atoms with Crippen molar-refractivity contribution in [2.24, 2.45) is 0 Å². The van der Waals surface area contributed by atoms with Crippen LogP contribution in [0.1, 0.15) is 17.9 Å². The Kier molecular flexibility index (Phi) is 1.43. The molecule has 2 rings (SSSR count). The van der Waals surface area contributed by atoms with Crippen molar-refractivity contribution in [1.82, 2.24) is 0 Å². The summed E-state index contributed by atoms with van der Waals surface area (Å²) in [5, 5.41) is -1.46. The van der Waals surface area contributed by atoms with Gasteiger partial charge in [-0.05, 0) is 5.56 Å². The minimum absolute atomic E-state index is 0.0784. The maximum Gasteiger partial charge on any atom is 0.191 e.